The number of carbonyl (C=O) groups excluding carboxylic acids is 3. The van der Waals surface area contributed by atoms with Crippen molar-refractivity contribution in [3.8, 4) is 5.75 Å². The van der Waals surface area contributed by atoms with Gasteiger partial charge in [0.2, 0.25) is 5.91 Å². The number of ether oxygens (including phenoxy) is 4. The second-order valence-corrected chi connectivity index (χ2v) is 13.7. The summed E-state index contributed by atoms with van der Waals surface area (Å²) in [5.74, 6) is 3.80. The molecule has 0 radical (unpaired) electrons. The molecule has 4 rings (SSSR count). The highest BCUT2D eigenvalue weighted by Gasteiger charge is 2.48. The van der Waals surface area contributed by atoms with Gasteiger partial charge in [0.05, 0.1) is 23.7 Å². The largest absolute Gasteiger partial charge is 0.495 e. The van der Waals surface area contributed by atoms with Crippen LogP contribution in [-0.2, 0) is 34.5 Å². The highest BCUT2D eigenvalue weighted by atomic mass is 35.5. The van der Waals surface area contributed by atoms with Crippen LogP contribution in [0.4, 0.5) is 0 Å². The lowest BCUT2D eigenvalue weighted by Gasteiger charge is -2.29. The van der Waals surface area contributed by atoms with Gasteiger partial charge in [0.15, 0.2) is 6.10 Å². The average Bonchev–Trinajstić information content (AvgIpc) is 3.86. The van der Waals surface area contributed by atoms with Gasteiger partial charge in [0, 0.05) is 36.5 Å². The first-order valence-electron chi connectivity index (χ1n) is 16.1. The van der Waals surface area contributed by atoms with Crippen LogP contribution in [0.1, 0.15) is 76.7 Å². The Kier molecular flexibility index (Phi) is 17.0. The third-order valence-corrected chi connectivity index (χ3v) is 8.59. The van der Waals surface area contributed by atoms with E-state index in [1.165, 1.54) is 0 Å². The van der Waals surface area contributed by atoms with Crippen molar-refractivity contribution in [3.63, 3.8) is 0 Å². The Balaban J connectivity index is 0.000000537. The zero-order valence-electron chi connectivity index (χ0n) is 29.2. The molecule has 49 heavy (non-hydrogen) atoms. The molecular weight excluding hydrogens is 673 g/mol. The number of benzene rings is 2. The van der Waals surface area contributed by atoms with Crippen molar-refractivity contribution in [2.75, 3.05) is 13.7 Å². The molecular formula is C36H49Cl2N3O8. The lowest BCUT2D eigenvalue weighted by Crippen LogP contribution is -2.43. The van der Waals surface area contributed by atoms with E-state index < -0.39 is 29.6 Å². The maximum atomic E-state index is 13.3. The number of nitrogens with two attached hydrogens (primary N) is 1. The molecule has 1 fully saturated rings. The normalized spacial score (nSPS) is 23.4. The zero-order valence-corrected chi connectivity index (χ0v) is 30.8. The van der Waals surface area contributed by atoms with E-state index in [0.29, 0.717) is 23.7 Å². The third-order valence-electron chi connectivity index (χ3n) is 7.98. The monoisotopic (exact) mass is 721 g/mol. The number of cyclic esters (lactones) is 2. The van der Waals surface area contributed by atoms with Crippen LogP contribution in [0.25, 0.3) is 0 Å². The smallest absolute Gasteiger partial charge is 0.347 e. The Hall–Kier alpha value is -3.67. The Bertz CT molecular complexity index is 1420. The quantitative estimate of drug-likeness (QED) is 0.0576. The van der Waals surface area contributed by atoms with Gasteiger partial charge in [-0.25, -0.2) is 4.79 Å². The Morgan fingerprint density at radius 2 is 1.71 bits per heavy atom. The summed E-state index contributed by atoms with van der Waals surface area (Å²) >= 11 is 11.7. The van der Waals surface area contributed by atoms with E-state index in [4.69, 9.17) is 47.1 Å². The fourth-order valence-corrected chi connectivity index (χ4v) is 5.45. The van der Waals surface area contributed by atoms with Crippen LogP contribution in [0.2, 0.25) is 5.02 Å². The molecule has 0 bridgehead atoms. The molecule has 1 amide bonds. The fraction of sp³-hybridized carbons (Fsp3) is 0.528. The number of aryl methyl sites for hydroxylation is 1. The van der Waals surface area contributed by atoms with Crippen LogP contribution in [0.3, 0.4) is 0 Å². The minimum atomic E-state index is -1.02. The number of carbonyl (C=O) groups is 3. The van der Waals surface area contributed by atoms with Gasteiger partial charge < -0.3 is 24.3 Å². The number of hydrogen-bond donors (Lipinski definition) is 2. The molecule has 1 saturated heterocycles. The summed E-state index contributed by atoms with van der Waals surface area (Å²) in [5.41, 5.74) is 2.24. The number of rotatable bonds is 7. The lowest BCUT2D eigenvalue weighted by atomic mass is 9.92. The van der Waals surface area contributed by atoms with Crippen LogP contribution in [0, 0.1) is 29.1 Å². The van der Waals surface area contributed by atoms with Gasteiger partial charge >= 0.3 is 11.9 Å². The Morgan fingerprint density at radius 1 is 1.06 bits per heavy atom. The third kappa shape index (κ3) is 13.6. The fourth-order valence-electron chi connectivity index (χ4n) is 4.96. The number of methoxy groups -OCH3 is 1. The van der Waals surface area contributed by atoms with E-state index >= 15 is 0 Å². The molecule has 2 aromatic carbocycles. The molecule has 2 aliphatic rings. The highest BCUT2D eigenvalue weighted by Crippen LogP contribution is 2.45. The van der Waals surface area contributed by atoms with Crippen molar-refractivity contribution in [1.29, 1.82) is 0 Å². The second-order valence-electron chi connectivity index (χ2n) is 13.1. The highest BCUT2D eigenvalue weighted by molar-refractivity contribution is 6.32. The first kappa shape index (κ1) is 41.5. The van der Waals surface area contributed by atoms with Gasteiger partial charge in [-0.1, -0.05) is 74.9 Å². The minimum Gasteiger partial charge on any atom is -0.495 e. The van der Waals surface area contributed by atoms with Crippen LogP contribution in [0.15, 0.2) is 59.9 Å². The number of hydrogen-bond acceptors (Lipinski definition) is 9. The number of alkyl halides is 1. The molecule has 5 unspecified atom stereocenters. The van der Waals surface area contributed by atoms with Crippen molar-refractivity contribution in [2.45, 2.75) is 91.1 Å². The molecule has 0 aromatic heterocycles. The second kappa shape index (κ2) is 20.1. The van der Waals surface area contributed by atoms with E-state index in [9.17, 15) is 14.4 Å². The molecule has 11 nitrogen and oxygen atoms in total. The molecule has 2 heterocycles. The average molecular weight is 723 g/mol. The minimum absolute atomic E-state index is 0.0870. The molecule has 0 aliphatic carbocycles. The van der Waals surface area contributed by atoms with Crippen molar-refractivity contribution in [1.82, 2.24) is 5.32 Å². The molecule has 5 atom stereocenters. The van der Waals surface area contributed by atoms with Crippen molar-refractivity contribution in [2.24, 2.45) is 28.4 Å². The van der Waals surface area contributed by atoms with E-state index in [1.54, 1.807) is 32.3 Å². The summed E-state index contributed by atoms with van der Waals surface area (Å²) in [5, 5.41) is 5.20. The van der Waals surface area contributed by atoms with Gasteiger partial charge in [0.25, 0.3) is 0 Å². The summed E-state index contributed by atoms with van der Waals surface area (Å²) in [7, 11) is 1.61. The topological polar surface area (TPSA) is 159 Å². The molecule has 3 N–H and O–H groups in total. The van der Waals surface area contributed by atoms with E-state index in [0.717, 1.165) is 22.4 Å². The number of nitrogens with zero attached hydrogens (tertiary/aromatic N) is 1. The predicted molar refractivity (Wildman–Crippen MR) is 190 cm³/mol. The Morgan fingerprint density at radius 3 is 2.29 bits per heavy atom. The number of amides is 1. The molecule has 0 spiro atoms. The summed E-state index contributed by atoms with van der Waals surface area (Å²) in [6, 6.07) is 13.7. The molecule has 270 valence electrons. The lowest BCUT2D eigenvalue weighted by molar-refractivity contribution is -0.179. The zero-order chi connectivity index (χ0) is 36.7. The number of nitroso groups, excluding NO2 is 1. The van der Waals surface area contributed by atoms with Gasteiger partial charge in [-0.3, -0.25) is 15.4 Å². The standard InChI is InChI=1S/C28H38ClNO6.C8H9ClO.H2N2O/c1-17(2)14-22-26(32)34-21(8-6-7-9-23(31)30-16-28(4,5)27(33)35-22)18(3)24-25(36-24)20-12-10-19(15-29)11-13-20;1-6-3-4-8(10-2)7(9)5-6;1-2-3/h6-7,10-13,17-18,21-22,24-25H,8-9,14-16H2,1-5H3,(H,30,31);3-5H,1-2H3;(H2,1,3)/b7-6+;;. The van der Waals surface area contributed by atoms with E-state index in [1.807, 2.05) is 76.2 Å². The number of esters is 2. The van der Waals surface area contributed by atoms with Crippen LogP contribution in [-0.4, -0.2) is 49.8 Å². The maximum absolute atomic E-state index is 13.3. The van der Waals surface area contributed by atoms with Gasteiger partial charge in [-0.2, -0.15) is 0 Å². The predicted octanol–water partition coefficient (Wildman–Crippen LogP) is 7.15. The van der Waals surface area contributed by atoms with Crippen LogP contribution >= 0.6 is 23.2 Å². The van der Waals surface area contributed by atoms with Crippen LogP contribution < -0.4 is 15.9 Å². The van der Waals surface area contributed by atoms with Gasteiger partial charge in [-0.05, 0) is 61.9 Å². The molecule has 2 aromatic rings. The number of halogens is 2. The van der Waals surface area contributed by atoms with E-state index in [-0.39, 0.29) is 42.9 Å². The summed E-state index contributed by atoms with van der Waals surface area (Å²) in [6.07, 6.45) is 2.84. The number of nitrogens with one attached hydrogen (secondary N) is 1. The van der Waals surface area contributed by atoms with Gasteiger partial charge in [0.1, 0.15) is 18.0 Å². The SMILES string of the molecule is CC(C)CC1OC(=O)C(C)(C)CNC(=O)C/C=C/CC(C(C)C2OC2c2ccc(CCl)cc2)OC1=O.COc1ccc(C)cc1Cl.NN=O. The number of epoxide rings is 1. The first-order chi connectivity index (χ1) is 23.2. The van der Waals surface area contributed by atoms with E-state index in [2.05, 4.69) is 11.2 Å². The Labute approximate surface area is 299 Å². The summed E-state index contributed by atoms with van der Waals surface area (Å²) < 4.78 is 22.6. The molecule has 2 aliphatic heterocycles. The maximum Gasteiger partial charge on any atom is 0.347 e. The van der Waals surface area contributed by atoms with Crippen molar-refractivity contribution < 1.29 is 33.3 Å². The van der Waals surface area contributed by atoms with Crippen molar-refractivity contribution in [3.05, 3.63) is 81.2 Å². The summed E-state index contributed by atoms with van der Waals surface area (Å²) in [6.45, 7) is 11.4. The first-order valence-corrected chi connectivity index (χ1v) is 17.0. The van der Waals surface area contributed by atoms with Gasteiger partial charge in [-0.15, -0.1) is 16.5 Å². The van der Waals surface area contributed by atoms with Crippen LogP contribution in [0.5, 0.6) is 5.75 Å². The van der Waals surface area contributed by atoms with Crippen molar-refractivity contribution >= 4 is 41.0 Å². The summed E-state index contributed by atoms with van der Waals surface area (Å²) in [4.78, 5) is 46.8. The molecule has 13 heteroatoms. The molecule has 0 saturated carbocycles.